The Kier molecular flexibility index (Phi) is 4.73. The molecule has 6 heteroatoms. The predicted molar refractivity (Wildman–Crippen MR) is 77.7 cm³/mol. The second-order valence-corrected chi connectivity index (χ2v) is 6.57. The molecule has 1 rings (SSSR count). The van der Waals surface area contributed by atoms with Crippen molar-refractivity contribution < 1.29 is 23.8 Å². The van der Waals surface area contributed by atoms with Crippen LogP contribution in [0.5, 0.6) is 0 Å². The maximum atomic E-state index is 12.6. The first-order valence-electron chi connectivity index (χ1n) is 6.87. The average molecular weight is 299 g/mol. The fraction of sp³-hybridized carbons (Fsp3) is 0.733. The van der Waals surface area contributed by atoms with E-state index in [1.807, 2.05) is 0 Å². The Morgan fingerprint density at radius 3 is 2.38 bits per heavy atom. The number of ether oxygens (including phenoxy) is 3. The minimum atomic E-state index is -1.25. The van der Waals surface area contributed by atoms with Crippen LogP contribution in [0.4, 0.5) is 4.79 Å². The second-order valence-electron chi connectivity index (χ2n) is 6.57. The summed E-state index contributed by atoms with van der Waals surface area (Å²) in [5.74, 6) is -0.543. The van der Waals surface area contributed by atoms with Gasteiger partial charge in [-0.1, -0.05) is 6.08 Å². The maximum Gasteiger partial charge on any atom is 0.413 e. The highest BCUT2D eigenvalue weighted by Gasteiger charge is 2.60. The van der Waals surface area contributed by atoms with Gasteiger partial charge in [-0.2, -0.15) is 0 Å². The molecular weight excluding hydrogens is 274 g/mol. The van der Waals surface area contributed by atoms with Gasteiger partial charge >= 0.3 is 12.1 Å². The Balaban J connectivity index is 3.26. The molecule has 1 atom stereocenters. The van der Waals surface area contributed by atoms with Crippen LogP contribution in [-0.4, -0.2) is 47.5 Å². The molecule has 1 heterocycles. The van der Waals surface area contributed by atoms with E-state index in [1.165, 1.54) is 12.0 Å². The van der Waals surface area contributed by atoms with Gasteiger partial charge < -0.3 is 14.2 Å². The Bertz CT molecular complexity index is 438. The molecule has 6 nitrogen and oxygen atoms in total. The molecule has 1 aliphatic rings. The molecule has 1 aliphatic heterocycles. The molecule has 0 spiro atoms. The van der Waals surface area contributed by atoms with Gasteiger partial charge in [0.05, 0.1) is 13.7 Å². The SMILES string of the molecule is C=CCC1(C(=O)OC)COC(C)(C)N1C(=O)OC(C)(C)C. The quantitative estimate of drug-likeness (QED) is 0.591. The molecule has 0 aromatic carbocycles. The van der Waals surface area contributed by atoms with Crippen LogP contribution in [0.25, 0.3) is 0 Å². The summed E-state index contributed by atoms with van der Waals surface area (Å²) in [6, 6.07) is 0. The summed E-state index contributed by atoms with van der Waals surface area (Å²) in [4.78, 5) is 26.2. The van der Waals surface area contributed by atoms with Gasteiger partial charge in [-0.15, -0.1) is 6.58 Å². The second kappa shape index (κ2) is 5.67. The molecule has 0 bridgehead atoms. The van der Waals surface area contributed by atoms with Gasteiger partial charge in [0.15, 0.2) is 5.54 Å². The molecule has 0 N–H and O–H groups in total. The molecule has 1 fully saturated rings. The topological polar surface area (TPSA) is 65.1 Å². The zero-order valence-corrected chi connectivity index (χ0v) is 13.7. The van der Waals surface area contributed by atoms with Crippen LogP contribution in [-0.2, 0) is 19.0 Å². The normalized spacial score (nSPS) is 24.6. The molecule has 21 heavy (non-hydrogen) atoms. The molecule has 0 aromatic rings. The third kappa shape index (κ3) is 3.37. The number of nitrogens with zero attached hydrogens (tertiary/aromatic N) is 1. The Morgan fingerprint density at radius 2 is 1.95 bits per heavy atom. The number of rotatable bonds is 3. The van der Waals surface area contributed by atoms with Gasteiger partial charge in [0.1, 0.15) is 11.3 Å². The smallest absolute Gasteiger partial charge is 0.413 e. The van der Waals surface area contributed by atoms with Crippen molar-refractivity contribution >= 4 is 12.1 Å². The Hall–Kier alpha value is -1.56. The number of hydrogen-bond acceptors (Lipinski definition) is 5. The summed E-state index contributed by atoms with van der Waals surface area (Å²) in [6.45, 7) is 12.4. The summed E-state index contributed by atoms with van der Waals surface area (Å²) >= 11 is 0. The van der Waals surface area contributed by atoms with E-state index >= 15 is 0 Å². The summed E-state index contributed by atoms with van der Waals surface area (Å²) in [7, 11) is 1.28. The Morgan fingerprint density at radius 1 is 1.38 bits per heavy atom. The standard InChI is InChI=1S/C15H25NO5/c1-8-9-15(11(17)19-7)10-20-14(5,6)16(15)12(18)21-13(2,3)4/h8H,1,9-10H2,2-7H3. The van der Waals surface area contributed by atoms with Gasteiger partial charge in [0, 0.05) is 6.42 Å². The number of methoxy groups -OCH3 is 1. The fourth-order valence-corrected chi connectivity index (χ4v) is 2.46. The molecule has 0 radical (unpaired) electrons. The van der Waals surface area contributed by atoms with Crippen molar-refractivity contribution in [3.05, 3.63) is 12.7 Å². The zero-order chi connectivity index (χ0) is 16.5. The van der Waals surface area contributed by atoms with Crippen LogP contribution in [0.15, 0.2) is 12.7 Å². The lowest BCUT2D eigenvalue weighted by atomic mass is 9.94. The first-order chi connectivity index (χ1) is 9.50. The number of hydrogen-bond donors (Lipinski definition) is 0. The van der Waals surface area contributed by atoms with Crippen molar-refractivity contribution in [2.24, 2.45) is 0 Å². The van der Waals surface area contributed by atoms with Crippen molar-refractivity contribution in [1.82, 2.24) is 4.90 Å². The van der Waals surface area contributed by atoms with E-state index in [0.717, 1.165) is 0 Å². The number of esters is 1. The van der Waals surface area contributed by atoms with Gasteiger partial charge in [0.25, 0.3) is 0 Å². The van der Waals surface area contributed by atoms with Crippen LogP contribution in [0.3, 0.4) is 0 Å². The van der Waals surface area contributed by atoms with Crippen molar-refractivity contribution in [2.45, 2.75) is 57.9 Å². The highest BCUT2D eigenvalue weighted by Crippen LogP contribution is 2.39. The lowest BCUT2D eigenvalue weighted by Gasteiger charge is -2.40. The molecule has 0 saturated carbocycles. The third-order valence-corrected chi connectivity index (χ3v) is 3.25. The molecule has 1 unspecified atom stereocenters. The highest BCUT2D eigenvalue weighted by molar-refractivity contribution is 5.87. The molecule has 0 aliphatic carbocycles. The monoisotopic (exact) mass is 299 g/mol. The first kappa shape index (κ1) is 17.5. The van der Waals surface area contributed by atoms with E-state index in [4.69, 9.17) is 14.2 Å². The molecular formula is C15H25NO5. The van der Waals surface area contributed by atoms with Crippen LogP contribution < -0.4 is 0 Å². The van der Waals surface area contributed by atoms with Crippen LogP contribution in [0, 0.1) is 0 Å². The van der Waals surface area contributed by atoms with Crippen molar-refractivity contribution in [2.75, 3.05) is 13.7 Å². The minimum Gasteiger partial charge on any atom is -0.467 e. The molecule has 120 valence electrons. The molecule has 1 saturated heterocycles. The lowest BCUT2D eigenvalue weighted by Crippen LogP contribution is -2.60. The van der Waals surface area contributed by atoms with Crippen molar-refractivity contribution in [1.29, 1.82) is 0 Å². The largest absolute Gasteiger partial charge is 0.467 e. The predicted octanol–water partition coefficient (Wildman–Crippen LogP) is 2.48. The maximum absolute atomic E-state index is 12.6. The highest BCUT2D eigenvalue weighted by atomic mass is 16.6. The number of carbonyl (C=O) groups is 2. The summed E-state index contributed by atoms with van der Waals surface area (Å²) in [5, 5.41) is 0. The van der Waals surface area contributed by atoms with E-state index in [2.05, 4.69) is 6.58 Å². The Labute approximate surface area is 126 Å². The van der Waals surface area contributed by atoms with E-state index in [9.17, 15) is 9.59 Å². The average Bonchev–Trinajstić information content (AvgIpc) is 2.59. The van der Waals surface area contributed by atoms with Crippen molar-refractivity contribution in [3.8, 4) is 0 Å². The van der Waals surface area contributed by atoms with Gasteiger partial charge in [-0.25, -0.2) is 9.59 Å². The third-order valence-electron chi connectivity index (χ3n) is 3.25. The minimum absolute atomic E-state index is 0.0396. The van der Waals surface area contributed by atoms with Gasteiger partial charge in [-0.3, -0.25) is 4.90 Å². The van der Waals surface area contributed by atoms with Crippen LogP contribution in [0.2, 0.25) is 0 Å². The summed E-state index contributed by atoms with van der Waals surface area (Å²) in [5.41, 5.74) is -2.90. The zero-order valence-electron chi connectivity index (χ0n) is 13.7. The van der Waals surface area contributed by atoms with Crippen LogP contribution in [0.1, 0.15) is 41.0 Å². The summed E-state index contributed by atoms with van der Waals surface area (Å²) < 4.78 is 16.0. The van der Waals surface area contributed by atoms with Gasteiger partial charge in [0.2, 0.25) is 0 Å². The van der Waals surface area contributed by atoms with Gasteiger partial charge in [-0.05, 0) is 34.6 Å². The van der Waals surface area contributed by atoms with Crippen LogP contribution >= 0.6 is 0 Å². The van der Waals surface area contributed by atoms with E-state index in [-0.39, 0.29) is 13.0 Å². The fourth-order valence-electron chi connectivity index (χ4n) is 2.46. The summed E-state index contributed by atoms with van der Waals surface area (Å²) in [6.07, 6.45) is 1.18. The van der Waals surface area contributed by atoms with E-state index in [1.54, 1.807) is 40.7 Å². The molecule has 1 amide bonds. The molecule has 0 aromatic heterocycles. The van der Waals surface area contributed by atoms with E-state index in [0.29, 0.717) is 0 Å². The lowest BCUT2D eigenvalue weighted by molar-refractivity contribution is -0.154. The first-order valence-corrected chi connectivity index (χ1v) is 6.87. The number of amides is 1. The van der Waals surface area contributed by atoms with Crippen molar-refractivity contribution in [3.63, 3.8) is 0 Å². The van der Waals surface area contributed by atoms with E-state index < -0.39 is 28.9 Å². The number of carbonyl (C=O) groups excluding carboxylic acids is 2.